The van der Waals surface area contributed by atoms with Crippen LogP contribution in [0, 0.1) is 6.92 Å². The number of hydrogen-bond donors (Lipinski definition) is 1. The first-order chi connectivity index (χ1) is 12.0. The van der Waals surface area contributed by atoms with Crippen LogP contribution in [0.1, 0.15) is 21.9 Å². The fraction of sp³-hybridized carbons (Fsp3) is 0.333. The van der Waals surface area contributed by atoms with E-state index in [2.05, 4.69) is 0 Å². The summed E-state index contributed by atoms with van der Waals surface area (Å²) < 4.78 is 15.7. The molecule has 2 rings (SSSR count). The number of furan rings is 1. The molecule has 0 radical (unpaired) electrons. The van der Waals surface area contributed by atoms with E-state index in [0.29, 0.717) is 36.8 Å². The van der Waals surface area contributed by atoms with E-state index in [1.54, 1.807) is 30.2 Å². The summed E-state index contributed by atoms with van der Waals surface area (Å²) in [4.78, 5) is 25.0. The molecule has 1 amide bonds. The third-order valence-corrected chi connectivity index (χ3v) is 3.44. The minimum Gasteiger partial charge on any atom is -0.482 e. The van der Waals surface area contributed by atoms with E-state index in [-0.39, 0.29) is 5.91 Å². The normalized spacial score (nSPS) is 10.5. The van der Waals surface area contributed by atoms with Crippen molar-refractivity contribution in [3.63, 3.8) is 0 Å². The van der Waals surface area contributed by atoms with E-state index in [0.717, 1.165) is 5.76 Å². The van der Waals surface area contributed by atoms with Gasteiger partial charge in [-0.05, 0) is 37.3 Å². The van der Waals surface area contributed by atoms with Crippen LogP contribution in [0.15, 0.2) is 40.8 Å². The molecule has 0 spiro atoms. The SMILES string of the molecule is COCCN(Cc1ccc(C)o1)C(=O)c1cccc(OCC(=O)O)c1. The second-order valence-electron chi connectivity index (χ2n) is 5.44. The van der Waals surface area contributed by atoms with Crippen molar-refractivity contribution in [2.75, 3.05) is 26.9 Å². The molecule has 0 bridgehead atoms. The van der Waals surface area contributed by atoms with Gasteiger partial charge in [0.15, 0.2) is 6.61 Å². The van der Waals surface area contributed by atoms with Crippen LogP contribution in [0.2, 0.25) is 0 Å². The molecule has 7 nitrogen and oxygen atoms in total. The van der Waals surface area contributed by atoms with Crippen LogP contribution in [-0.2, 0) is 16.1 Å². The highest BCUT2D eigenvalue weighted by atomic mass is 16.5. The Morgan fingerprint density at radius 2 is 2.04 bits per heavy atom. The Morgan fingerprint density at radius 1 is 1.24 bits per heavy atom. The van der Waals surface area contributed by atoms with Crippen molar-refractivity contribution in [2.24, 2.45) is 0 Å². The molecule has 1 aromatic carbocycles. The summed E-state index contributed by atoms with van der Waals surface area (Å²) in [6.45, 7) is 2.48. The van der Waals surface area contributed by atoms with Gasteiger partial charge in [-0.15, -0.1) is 0 Å². The number of rotatable bonds is 9. The smallest absolute Gasteiger partial charge is 0.341 e. The van der Waals surface area contributed by atoms with Crippen molar-refractivity contribution in [2.45, 2.75) is 13.5 Å². The maximum atomic E-state index is 12.8. The molecule has 25 heavy (non-hydrogen) atoms. The van der Waals surface area contributed by atoms with Gasteiger partial charge in [0.1, 0.15) is 17.3 Å². The Bertz CT molecular complexity index is 724. The number of methoxy groups -OCH3 is 1. The summed E-state index contributed by atoms with van der Waals surface area (Å²) >= 11 is 0. The quantitative estimate of drug-likeness (QED) is 0.749. The molecule has 0 atom stereocenters. The third-order valence-electron chi connectivity index (χ3n) is 3.44. The zero-order chi connectivity index (χ0) is 18.2. The zero-order valence-corrected chi connectivity index (χ0v) is 14.2. The fourth-order valence-electron chi connectivity index (χ4n) is 2.26. The molecule has 1 aromatic heterocycles. The van der Waals surface area contributed by atoms with Crippen LogP contribution in [0.25, 0.3) is 0 Å². The number of carbonyl (C=O) groups excluding carboxylic acids is 1. The highest BCUT2D eigenvalue weighted by Crippen LogP contribution is 2.17. The number of benzene rings is 1. The first-order valence-electron chi connectivity index (χ1n) is 7.78. The van der Waals surface area contributed by atoms with Crippen LogP contribution >= 0.6 is 0 Å². The lowest BCUT2D eigenvalue weighted by molar-refractivity contribution is -0.139. The molecule has 0 fully saturated rings. The number of carboxylic acid groups (broad SMARTS) is 1. The number of aryl methyl sites for hydroxylation is 1. The number of carbonyl (C=O) groups is 2. The van der Waals surface area contributed by atoms with Gasteiger partial charge in [-0.3, -0.25) is 4.79 Å². The average molecular weight is 347 g/mol. The molecule has 0 saturated heterocycles. The molecular weight excluding hydrogens is 326 g/mol. The fourth-order valence-corrected chi connectivity index (χ4v) is 2.26. The number of ether oxygens (including phenoxy) is 2. The Morgan fingerprint density at radius 3 is 2.68 bits per heavy atom. The molecular formula is C18H21NO6. The van der Waals surface area contributed by atoms with Crippen molar-refractivity contribution in [3.05, 3.63) is 53.5 Å². The summed E-state index contributed by atoms with van der Waals surface area (Å²) in [5, 5.41) is 8.68. The second-order valence-corrected chi connectivity index (χ2v) is 5.44. The number of hydrogen-bond acceptors (Lipinski definition) is 5. The lowest BCUT2D eigenvalue weighted by Crippen LogP contribution is -2.33. The third kappa shape index (κ3) is 5.65. The number of carboxylic acids is 1. The van der Waals surface area contributed by atoms with Gasteiger partial charge in [-0.1, -0.05) is 6.07 Å². The summed E-state index contributed by atoms with van der Waals surface area (Å²) in [5.41, 5.74) is 0.405. The van der Waals surface area contributed by atoms with Gasteiger partial charge in [0.2, 0.25) is 0 Å². The molecule has 0 unspecified atom stereocenters. The zero-order valence-electron chi connectivity index (χ0n) is 14.2. The molecule has 134 valence electrons. The lowest BCUT2D eigenvalue weighted by Gasteiger charge is -2.21. The summed E-state index contributed by atoms with van der Waals surface area (Å²) in [7, 11) is 1.57. The summed E-state index contributed by atoms with van der Waals surface area (Å²) in [5.74, 6) is 0.491. The van der Waals surface area contributed by atoms with Gasteiger partial charge in [-0.2, -0.15) is 0 Å². The van der Waals surface area contributed by atoms with Gasteiger partial charge in [0.05, 0.1) is 13.2 Å². The van der Waals surface area contributed by atoms with E-state index in [1.807, 2.05) is 19.1 Å². The predicted molar refractivity (Wildman–Crippen MR) is 89.6 cm³/mol. The number of amides is 1. The Labute approximate surface area is 145 Å². The topological polar surface area (TPSA) is 89.2 Å². The van der Waals surface area contributed by atoms with Gasteiger partial charge < -0.3 is 23.9 Å². The minimum absolute atomic E-state index is 0.216. The number of nitrogens with zero attached hydrogens (tertiary/aromatic N) is 1. The van der Waals surface area contributed by atoms with Gasteiger partial charge >= 0.3 is 5.97 Å². The Balaban J connectivity index is 2.14. The van der Waals surface area contributed by atoms with E-state index in [9.17, 15) is 9.59 Å². The Hall–Kier alpha value is -2.80. The Kier molecular flexibility index (Phi) is 6.59. The largest absolute Gasteiger partial charge is 0.482 e. The number of aliphatic carboxylic acids is 1. The van der Waals surface area contributed by atoms with Crippen molar-refractivity contribution in [1.82, 2.24) is 4.90 Å². The van der Waals surface area contributed by atoms with Gasteiger partial charge in [0.25, 0.3) is 5.91 Å². The van der Waals surface area contributed by atoms with Crippen LogP contribution in [0.4, 0.5) is 0 Å². The second kappa shape index (κ2) is 8.89. The van der Waals surface area contributed by atoms with Crippen LogP contribution in [0.5, 0.6) is 5.75 Å². The van der Waals surface area contributed by atoms with Crippen LogP contribution in [-0.4, -0.2) is 48.8 Å². The van der Waals surface area contributed by atoms with Crippen LogP contribution in [0.3, 0.4) is 0 Å². The molecule has 0 saturated carbocycles. The minimum atomic E-state index is -1.08. The molecule has 0 aliphatic carbocycles. The van der Waals surface area contributed by atoms with Crippen molar-refractivity contribution in [1.29, 1.82) is 0 Å². The maximum absolute atomic E-state index is 12.8. The predicted octanol–water partition coefficient (Wildman–Crippen LogP) is 2.34. The van der Waals surface area contributed by atoms with Crippen molar-refractivity contribution in [3.8, 4) is 5.75 Å². The van der Waals surface area contributed by atoms with E-state index < -0.39 is 12.6 Å². The highest BCUT2D eigenvalue weighted by Gasteiger charge is 2.18. The summed E-state index contributed by atoms with van der Waals surface area (Å²) in [6, 6.07) is 10.1. The standard InChI is InChI=1S/C18H21NO6/c1-13-6-7-16(25-13)11-19(8-9-23-2)18(22)14-4-3-5-15(10-14)24-12-17(20)21/h3-7,10H,8-9,11-12H2,1-2H3,(H,20,21). The summed E-state index contributed by atoms with van der Waals surface area (Å²) in [6.07, 6.45) is 0. The molecule has 1 heterocycles. The lowest BCUT2D eigenvalue weighted by atomic mass is 10.2. The van der Waals surface area contributed by atoms with E-state index >= 15 is 0 Å². The highest BCUT2D eigenvalue weighted by molar-refractivity contribution is 5.94. The molecule has 1 N–H and O–H groups in total. The van der Waals surface area contributed by atoms with Crippen LogP contribution < -0.4 is 4.74 Å². The monoisotopic (exact) mass is 347 g/mol. The van der Waals surface area contributed by atoms with E-state index in [4.69, 9.17) is 19.0 Å². The van der Waals surface area contributed by atoms with Crippen molar-refractivity contribution >= 4 is 11.9 Å². The average Bonchev–Trinajstić information content (AvgIpc) is 3.01. The molecule has 7 heteroatoms. The first-order valence-corrected chi connectivity index (χ1v) is 7.78. The van der Waals surface area contributed by atoms with E-state index in [1.165, 1.54) is 6.07 Å². The van der Waals surface area contributed by atoms with Gasteiger partial charge in [-0.25, -0.2) is 4.79 Å². The van der Waals surface area contributed by atoms with Gasteiger partial charge in [0, 0.05) is 19.2 Å². The molecule has 2 aromatic rings. The molecule has 0 aliphatic rings. The molecule has 0 aliphatic heterocycles. The maximum Gasteiger partial charge on any atom is 0.341 e. The van der Waals surface area contributed by atoms with Crippen molar-refractivity contribution < 1.29 is 28.6 Å². The first kappa shape index (κ1) is 18.5.